The molecular weight excluding hydrogens is 310 g/mol. The quantitative estimate of drug-likeness (QED) is 0.531. The van der Waals surface area contributed by atoms with Gasteiger partial charge in [-0.15, -0.1) is 0 Å². The molecule has 0 aromatic carbocycles. The number of anilines is 1. The molecule has 2 rings (SSSR count). The van der Waals surface area contributed by atoms with Gasteiger partial charge in [-0.25, -0.2) is 4.98 Å². The Hall–Kier alpha value is -1.78. The van der Waals surface area contributed by atoms with Crippen molar-refractivity contribution in [3.63, 3.8) is 0 Å². The van der Waals surface area contributed by atoms with E-state index in [1.165, 1.54) is 44.1 Å². The van der Waals surface area contributed by atoms with E-state index in [9.17, 15) is 0 Å². The molecule has 25 heavy (non-hydrogen) atoms. The van der Waals surface area contributed by atoms with E-state index in [1.807, 2.05) is 13.2 Å². The summed E-state index contributed by atoms with van der Waals surface area (Å²) in [6.07, 6.45) is 9.62. The molecule has 0 amide bonds. The first-order valence-corrected chi connectivity index (χ1v) is 9.91. The second-order valence-electron chi connectivity index (χ2n) is 6.94. The van der Waals surface area contributed by atoms with Gasteiger partial charge in [0.05, 0.1) is 0 Å². The number of rotatable bonds is 9. The normalized spacial score (nSPS) is 16.1. The number of guanidine groups is 1. The molecule has 5 heteroatoms. The Morgan fingerprint density at radius 2 is 2.04 bits per heavy atom. The zero-order chi connectivity index (χ0) is 17.9. The highest BCUT2D eigenvalue weighted by molar-refractivity contribution is 5.79. The molecule has 0 saturated carbocycles. The Morgan fingerprint density at radius 1 is 1.24 bits per heavy atom. The van der Waals surface area contributed by atoms with Crippen molar-refractivity contribution in [2.24, 2.45) is 10.9 Å². The highest BCUT2D eigenvalue weighted by atomic mass is 15.2. The first kappa shape index (κ1) is 19.5. The van der Waals surface area contributed by atoms with Gasteiger partial charge in [-0.3, -0.25) is 4.99 Å². The molecule has 140 valence electrons. The van der Waals surface area contributed by atoms with E-state index in [4.69, 9.17) is 0 Å². The Labute approximate surface area is 153 Å². The van der Waals surface area contributed by atoms with Crippen molar-refractivity contribution in [3.05, 3.63) is 23.9 Å². The van der Waals surface area contributed by atoms with Crippen LogP contribution in [0, 0.1) is 5.92 Å². The van der Waals surface area contributed by atoms with Gasteiger partial charge in [0.2, 0.25) is 0 Å². The Morgan fingerprint density at radius 3 is 2.64 bits per heavy atom. The molecular formula is C20H35N5. The maximum atomic E-state index is 4.61. The predicted octanol–water partition coefficient (Wildman–Crippen LogP) is 3.56. The molecule has 2 N–H and O–H groups in total. The number of pyridine rings is 1. The van der Waals surface area contributed by atoms with Gasteiger partial charge in [-0.05, 0) is 36.8 Å². The minimum atomic E-state index is 0.722. The standard InChI is InChI=1S/C20H35N5/c1-4-6-9-17(5-2)14-23-20(21-3)24-16-18-10-11-19(22-15-18)25-12-7-8-13-25/h10-11,15,17H,4-9,12-14,16H2,1-3H3,(H2,21,23,24). The van der Waals surface area contributed by atoms with Crippen LogP contribution in [0.15, 0.2) is 23.3 Å². The lowest BCUT2D eigenvalue weighted by Crippen LogP contribution is -2.39. The highest BCUT2D eigenvalue weighted by Crippen LogP contribution is 2.17. The van der Waals surface area contributed by atoms with Crippen LogP contribution in [0.4, 0.5) is 5.82 Å². The third kappa shape index (κ3) is 6.56. The summed E-state index contributed by atoms with van der Waals surface area (Å²) in [6, 6.07) is 4.30. The molecule has 2 heterocycles. The molecule has 1 aliphatic rings. The number of aliphatic imine (C=N–C) groups is 1. The summed E-state index contributed by atoms with van der Waals surface area (Å²) in [5, 5.41) is 6.86. The molecule has 1 aromatic heterocycles. The summed E-state index contributed by atoms with van der Waals surface area (Å²) in [4.78, 5) is 11.3. The lowest BCUT2D eigenvalue weighted by molar-refractivity contribution is 0.443. The fourth-order valence-electron chi connectivity index (χ4n) is 3.25. The van der Waals surface area contributed by atoms with Crippen molar-refractivity contribution in [1.29, 1.82) is 0 Å². The van der Waals surface area contributed by atoms with Crippen LogP contribution in [0.25, 0.3) is 0 Å². The lowest BCUT2D eigenvalue weighted by atomic mass is 9.99. The van der Waals surface area contributed by atoms with Crippen molar-refractivity contribution >= 4 is 11.8 Å². The zero-order valence-corrected chi connectivity index (χ0v) is 16.2. The third-order valence-corrected chi connectivity index (χ3v) is 5.02. The van der Waals surface area contributed by atoms with Crippen LogP contribution in [-0.2, 0) is 6.54 Å². The second kappa shape index (κ2) is 11.0. The van der Waals surface area contributed by atoms with Gasteiger partial charge in [0, 0.05) is 39.4 Å². The number of nitrogens with zero attached hydrogens (tertiary/aromatic N) is 3. The van der Waals surface area contributed by atoms with Gasteiger partial charge in [-0.1, -0.05) is 39.2 Å². The van der Waals surface area contributed by atoms with Crippen LogP contribution in [0.5, 0.6) is 0 Å². The molecule has 1 fully saturated rings. The Kier molecular flexibility index (Phi) is 8.56. The number of hydrogen-bond donors (Lipinski definition) is 2. The topological polar surface area (TPSA) is 52.6 Å². The minimum absolute atomic E-state index is 0.722. The van der Waals surface area contributed by atoms with Crippen molar-refractivity contribution in [2.45, 2.75) is 58.9 Å². The van der Waals surface area contributed by atoms with Gasteiger partial charge in [0.25, 0.3) is 0 Å². The zero-order valence-electron chi connectivity index (χ0n) is 16.2. The van der Waals surface area contributed by atoms with Crippen molar-refractivity contribution < 1.29 is 0 Å². The Balaban J connectivity index is 1.76. The van der Waals surface area contributed by atoms with Gasteiger partial charge < -0.3 is 15.5 Å². The average Bonchev–Trinajstić information content (AvgIpc) is 3.19. The molecule has 1 atom stereocenters. The molecule has 1 unspecified atom stereocenters. The molecule has 0 aliphatic carbocycles. The molecule has 0 bridgehead atoms. The van der Waals surface area contributed by atoms with Crippen LogP contribution in [0.2, 0.25) is 0 Å². The largest absolute Gasteiger partial charge is 0.357 e. The van der Waals surface area contributed by atoms with Crippen molar-refractivity contribution in [2.75, 3.05) is 31.6 Å². The van der Waals surface area contributed by atoms with E-state index in [2.05, 4.69) is 51.5 Å². The summed E-state index contributed by atoms with van der Waals surface area (Å²) in [6.45, 7) is 8.53. The SMILES string of the molecule is CCCCC(CC)CNC(=NC)NCc1ccc(N2CCCC2)nc1. The molecule has 0 spiro atoms. The highest BCUT2D eigenvalue weighted by Gasteiger charge is 2.13. The van der Waals surface area contributed by atoms with Crippen LogP contribution >= 0.6 is 0 Å². The van der Waals surface area contributed by atoms with E-state index in [0.29, 0.717) is 0 Å². The van der Waals surface area contributed by atoms with E-state index < -0.39 is 0 Å². The first-order chi connectivity index (χ1) is 12.3. The fraction of sp³-hybridized carbons (Fsp3) is 0.700. The number of aromatic nitrogens is 1. The monoisotopic (exact) mass is 345 g/mol. The summed E-state index contributed by atoms with van der Waals surface area (Å²) in [5.74, 6) is 2.70. The first-order valence-electron chi connectivity index (χ1n) is 9.91. The van der Waals surface area contributed by atoms with Crippen LogP contribution in [-0.4, -0.2) is 37.6 Å². The summed E-state index contributed by atoms with van der Waals surface area (Å²) in [7, 11) is 1.83. The van der Waals surface area contributed by atoms with Crippen molar-refractivity contribution in [1.82, 2.24) is 15.6 Å². The second-order valence-corrected chi connectivity index (χ2v) is 6.94. The van der Waals surface area contributed by atoms with E-state index in [-0.39, 0.29) is 0 Å². The minimum Gasteiger partial charge on any atom is -0.357 e. The van der Waals surface area contributed by atoms with Gasteiger partial charge in [-0.2, -0.15) is 0 Å². The third-order valence-electron chi connectivity index (χ3n) is 5.02. The summed E-state index contributed by atoms with van der Waals surface area (Å²) < 4.78 is 0. The molecule has 1 aliphatic heterocycles. The fourth-order valence-corrected chi connectivity index (χ4v) is 3.25. The van der Waals surface area contributed by atoms with Crippen LogP contribution < -0.4 is 15.5 Å². The lowest BCUT2D eigenvalue weighted by Gasteiger charge is -2.18. The molecule has 0 radical (unpaired) electrons. The maximum absolute atomic E-state index is 4.61. The van der Waals surface area contributed by atoms with Crippen LogP contribution in [0.1, 0.15) is 57.9 Å². The van der Waals surface area contributed by atoms with Gasteiger partial charge in [0.15, 0.2) is 5.96 Å². The van der Waals surface area contributed by atoms with Gasteiger partial charge in [0.1, 0.15) is 5.82 Å². The number of nitrogens with one attached hydrogen (secondary N) is 2. The van der Waals surface area contributed by atoms with E-state index in [1.54, 1.807) is 0 Å². The van der Waals surface area contributed by atoms with Crippen LogP contribution in [0.3, 0.4) is 0 Å². The Bertz CT molecular complexity index is 505. The molecule has 1 aromatic rings. The molecule has 5 nitrogen and oxygen atoms in total. The van der Waals surface area contributed by atoms with Gasteiger partial charge >= 0.3 is 0 Å². The van der Waals surface area contributed by atoms with Crippen molar-refractivity contribution in [3.8, 4) is 0 Å². The average molecular weight is 346 g/mol. The van der Waals surface area contributed by atoms with E-state index >= 15 is 0 Å². The smallest absolute Gasteiger partial charge is 0.191 e. The summed E-state index contributed by atoms with van der Waals surface area (Å²) >= 11 is 0. The predicted molar refractivity (Wildman–Crippen MR) is 107 cm³/mol. The van der Waals surface area contributed by atoms with E-state index in [0.717, 1.165) is 43.9 Å². The number of unbranched alkanes of at least 4 members (excludes halogenated alkanes) is 1. The maximum Gasteiger partial charge on any atom is 0.191 e. The molecule has 1 saturated heterocycles. The summed E-state index contributed by atoms with van der Waals surface area (Å²) in [5.41, 5.74) is 1.18. The number of hydrogen-bond acceptors (Lipinski definition) is 3.